The van der Waals surface area contributed by atoms with Crippen molar-refractivity contribution in [3.63, 3.8) is 0 Å². The van der Waals surface area contributed by atoms with E-state index in [0.29, 0.717) is 0 Å². The first-order valence-electron chi connectivity index (χ1n) is 12.2. The van der Waals surface area contributed by atoms with Crippen molar-refractivity contribution >= 4 is 56.2 Å². The van der Waals surface area contributed by atoms with Crippen molar-refractivity contribution in [1.82, 2.24) is 9.55 Å². The first-order valence-corrected chi connectivity index (χ1v) is 12.2. The maximum Gasteiger partial charge on any atom is 0.494 e. The Hall–Kier alpha value is -3.54. The predicted molar refractivity (Wildman–Crippen MR) is 146 cm³/mol. The van der Waals surface area contributed by atoms with Crippen LogP contribution in [0.15, 0.2) is 84.9 Å². The van der Waals surface area contributed by atoms with Crippen LogP contribution in [-0.2, 0) is 9.31 Å². The number of hydrogen-bond acceptors (Lipinski definition) is 2. The quantitative estimate of drug-likeness (QED) is 0.293. The Morgan fingerprint density at radius 3 is 2.14 bits per heavy atom. The van der Waals surface area contributed by atoms with Gasteiger partial charge in [-0.2, -0.15) is 0 Å². The van der Waals surface area contributed by atoms with Gasteiger partial charge in [-0.15, -0.1) is 0 Å². The molecule has 1 aliphatic rings. The molecular weight excluding hydrogens is 431 g/mol. The van der Waals surface area contributed by atoms with E-state index in [0.717, 1.165) is 22.2 Å². The minimum Gasteiger partial charge on any atom is -0.399 e. The number of benzene rings is 4. The molecule has 0 atom stereocenters. The third-order valence-corrected chi connectivity index (χ3v) is 7.97. The fraction of sp³-hybridized carbons (Fsp3) is 0.200. The number of nitrogens with one attached hydrogen (secondary N) is 1. The highest BCUT2D eigenvalue weighted by atomic mass is 16.7. The molecule has 0 amide bonds. The van der Waals surface area contributed by atoms with Gasteiger partial charge in [0.2, 0.25) is 0 Å². The summed E-state index contributed by atoms with van der Waals surface area (Å²) in [6, 6.07) is 30.2. The number of hydrogen-bond donors (Lipinski definition) is 1. The maximum absolute atomic E-state index is 6.34. The summed E-state index contributed by atoms with van der Waals surface area (Å²) in [6.07, 6.45) is 0. The molecule has 1 aliphatic heterocycles. The topological polar surface area (TPSA) is 39.2 Å². The molecule has 5 heteroatoms. The van der Waals surface area contributed by atoms with Crippen LogP contribution in [0.4, 0.5) is 0 Å². The van der Waals surface area contributed by atoms with Crippen molar-refractivity contribution in [3.8, 4) is 5.69 Å². The summed E-state index contributed by atoms with van der Waals surface area (Å²) in [4.78, 5) is 3.74. The molecule has 1 N–H and O–H groups in total. The summed E-state index contributed by atoms with van der Waals surface area (Å²) in [5.41, 5.74) is 6.12. The Balaban J connectivity index is 1.50. The second kappa shape index (κ2) is 7.00. The smallest absolute Gasteiger partial charge is 0.399 e. The van der Waals surface area contributed by atoms with Gasteiger partial charge in [0.15, 0.2) is 0 Å². The van der Waals surface area contributed by atoms with Crippen molar-refractivity contribution in [2.75, 3.05) is 0 Å². The van der Waals surface area contributed by atoms with Crippen molar-refractivity contribution in [3.05, 3.63) is 84.9 Å². The van der Waals surface area contributed by atoms with E-state index in [1.165, 1.54) is 32.6 Å². The third kappa shape index (κ3) is 2.89. The minimum atomic E-state index is -0.381. The number of aromatic nitrogens is 2. The number of rotatable bonds is 2. The molecule has 3 heterocycles. The fourth-order valence-corrected chi connectivity index (χ4v) is 5.41. The molecule has 0 unspecified atom stereocenters. The Morgan fingerprint density at radius 2 is 1.37 bits per heavy atom. The SMILES string of the molecule is CC1(C)OB(c2ccc3[nH]c4c(ccc5c6ccccc6n(-c6ccccc6)c54)c3c2)OC1(C)C. The van der Waals surface area contributed by atoms with Gasteiger partial charge >= 0.3 is 7.12 Å². The monoisotopic (exact) mass is 458 g/mol. The van der Waals surface area contributed by atoms with Crippen LogP contribution in [0, 0.1) is 0 Å². The van der Waals surface area contributed by atoms with Gasteiger partial charge in [-0.05, 0) is 57.4 Å². The number of H-pyrrole nitrogens is 1. The highest BCUT2D eigenvalue weighted by molar-refractivity contribution is 6.62. The van der Waals surface area contributed by atoms with Crippen LogP contribution in [0.2, 0.25) is 0 Å². The molecular formula is C30H27BN2O2. The van der Waals surface area contributed by atoms with E-state index in [1.807, 2.05) is 0 Å². The zero-order chi connectivity index (χ0) is 23.9. The lowest BCUT2D eigenvalue weighted by Gasteiger charge is -2.32. The Labute approximate surface area is 204 Å². The van der Waals surface area contributed by atoms with Gasteiger partial charge in [-0.3, -0.25) is 0 Å². The van der Waals surface area contributed by atoms with Crippen LogP contribution in [0.1, 0.15) is 27.7 Å². The zero-order valence-corrected chi connectivity index (χ0v) is 20.4. The van der Waals surface area contributed by atoms with Gasteiger partial charge in [-0.25, -0.2) is 0 Å². The van der Waals surface area contributed by atoms with Gasteiger partial charge < -0.3 is 18.9 Å². The van der Waals surface area contributed by atoms with Crippen LogP contribution in [0.3, 0.4) is 0 Å². The van der Waals surface area contributed by atoms with Crippen LogP contribution >= 0.6 is 0 Å². The van der Waals surface area contributed by atoms with Gasteiger partial charge in [-0.1, -0.05) is 60.7 Å². The summed E-state index contributed by atoms with van der Waals surface area (Å²) < 4.78 is 15.0. The highest BCUT2D eigenvalue weighted by Crippen LogP contribution is 2.39. The minimum absolute atomic E-state index is 0.365. The first kappa shape index (κ1) is 20.8. The molecule has 0 spiro atoms. The van der Waals surface area contributed by atoms with Gasteiger partial charge in [0.05, 0.1) is 27.8 Å². The van der Waals surface area contributed by atoms with Crippen molar-refractivity contribution in [1.29, 1.82) is 0 Å². The first-order chi connectivity index (χ1) is 16.8. The van der Waals surface area contributed by atoms with Gasteiger partial charge in [0, 0.05) is 32.7 Å². The molecule has 4 aromatic carbocycles. The average molecular weight is 458 g/mol. The molecule has 7 rings (SSSR count). The standard InChI is InChI=1S/C30H27BN2O2/c1-29(2)30(3,4)35-31(34-29)19-14-17-25-24(18-19)22-15-16-23-21-12-8-9-13-26(21)33(28(23)27(22)32-25)20-10-6-5-7-11-20/h5-18,32H,1-4H3. The molecule has 1 saturated heterocycles. The summed E-state index contributed by atoms with van der Waals surface area (Å²) in [5, 5.41) is 4.88. The molecule has 35 heavy (non-hydrogen) atoms. The molecule has 1 fully saturated rings. The van der Waals surface area contributed by atoms with E-state index in [1.54, 1.807) is 0 Å². The second-order valence-electron chi connectivity index (χ2n) is 10.6. The molecule has 4 nitrogen and oxygen atoms in total. The molecule has 0 bridgehead atoms. The summed E-state index contributed by atoms with van der Waals surface area (Å²) in [7, 11) is -0.381. The fourth-order valence-electron chi connectivity index (χ4n) is 5.41. The second-order valence-corrected chi connectivity index (χ2v) is 10.6. The Morgan fingerprint density at radius 1 is 0.686 bits per heavy atom. The summed E-state index contributed by atoms with van der Waals surface area (Å²) >= 11 is 0. The number of nitrogens with zero attached hydrogens (tertiary/aromatic N) is 1. The molecule has 2 aromatic heterocycles. The van der Waals surface area contributed by atoms with E-state index in [4.69, 9.17) is 9.31 Å². The Bertz CT molecular complexity index is 1750. The van der Waals surface area contributed by atoms with Gasteiger partial charge in [0.25, 0.3) is 0 Å². The highest BCUT2D eigenvalue weighted by Gasteiger charge is 2.51. The molecule has 0 saturated carbocycles. The van der Waals surface area contributed by atoms with E-state index >= 15 is 0 Å². The average Bonchev–Trinajstić information content (AvgIpc) is 3.46. The van der Waals surface area contributed by atoms with E-state index < -0.39 is 0 Å². The predicted octanol–water partition coefficient (Wildman–Crippen LogP) is 6.72. The molecule has 172 valence electrons. The molecule has 0 radical (unpaired) electrons. The van der Waals surface area contributed by atoms with Crippen molar-refractivity contribution in [2.45, 2.75) is 38.9 Å². The van der Waals surface area contributed by atoms with E-state index in [-0.39, 0.29) is 18.3 Å². The van der Waals surface area contributed by atoms with Crippen molar-refractivity contribution in [2.24, 2.45) is 0 Å². The van der Waals surface area contributed by atoms with Crippen LogP contribution in [0.25, 0.3) is 49.3 Å². The summed E-state index contributed by atoms with van der Waals surface area (Å²) in [6.45, 7) is 8.37. The Kier molecular flexibility index (Phi) is 4.16. The van der Waals surface area contributed by atoms with Crippen molar-refractivity contribution < 1.29 is 9.31 Å². The zero-order valence-electron chi connectivity index (χ0n) is 20.4. The lowest BCUT2D eigenvalue weighted by Crippen LogP contribution is -2.41. The molecule has 0 aliphatic carbocycles. The molecule has 6 aromatic rings. The largest absolute Gasteiger partial charge is 0.494 e. The third-order valence-electron chi connectivity index (χ3n) is 7.97. The lowest BCUT2D eigenvalue weighted by atomic mass is 9.78. The van der Waals surface area contributed by atoms with Crippen LogP contribution < -0.4 is 5.46 Å². The van der Waals surface area contributed by atoms with E-state index in [2.05, 4.69) is 122 Å². The number of aromatic amines is 1. The maximum atomic E-state index is 6.34. The van der Waals surface area contributed by atoms with Gasteiger partial charge in [0.1, 0.15) is 0 Å². The normalized spacial score (nSPS) is 17.3. The van der Waals surface area contributed by atoms with E-state index in [9.17, 15) is 0 Å². The lowest BCUT2D eigenvalue weighted by molar-refractivity contribution is 0.00578. The summed E-state index contributed by atoms with van der Waals surface area (Å²) in [5.74, 6) is 0. The van der Waals surface area contributed by atoms with Crippen LogP contribution in [0.5, 0.6) is 0 Å². The number of fused-ring (bicyclic) bond motifs is 7. The number of para-hydroxylation sites is 2. The van der Waals surface area contributed by atoms with Crippen LogP contribution in [-0.4, -0.2) is 27.9 Å².